The van der Waals surface area contributed by atoms with Crippen LogP contribution in [0, 0.1) is 0 Å². The van der Waals surface area contributed by atoms with E-state index in [0.717, 1.165) is 13.0 Å². The second-order valence-corrected chi connectivity index (χ2v) is 9.19. The third kappa shape index (κ3) is 13.2. The fourth-order valence-corrected chi connectivity index (χ4v) is 4.01. The van der Waals surface area contributed by atoms with E-state index in [2.05, 4.69) is 26.3 Å². The van der Waals surface area contributed by atoms with Crippen molar-refractivity contribution in [2.75, 3.05) is 26.2 Å². The second-order valence-electron chi connectivity index (χ2n) is 9.19. The molecule has 14 nitrogen and oxygen atoms in total. The van der Waals surface area contributed by atoms with Crippen molar-refractivity contribution in [2.24, 2.45) is 27.9 Å². The number of unbranched alkanes of at least 4 members (excludes halogenated alkanes) is 2. The lowest BCUT2D eigenvalue weighted by Crippen LogP contribution is -2.57. The monoisotopic (exact) mass is 527 g/mol. The van der Waals surface area contributed by atoms with Gasteiger partial charge < -0.3 is 49.3 Å². The van der Waals surface area contributed by atoms with Crippen LogP contribution in [0.25, 0.3) is 0 Å². The van der Waals surface area contributed by atoms with Gasteiger partial charge in [-0.3, -0.25) is 19.4 Å². The molecule has 1 saturated heterocycles. The molecule has 0 radical (unpaired) electrons. The molecule has 0 aromatic carbocycles. The van der Waals surface area contributed by atoms with Crippen molar-refractivity contribution in [1.29, 1.82) is 0 Å². The average Bonchev–Trinajstić information content (AvgIpc) is 3.39. The summed E-state index contributed by atoms with van der Waals surface area (Å²) in [7, 11) is 0. The van der Waals surface area contributed by atoms with Gasteiger partial charge in [-0.2, -0.15) is 0 Å². The Balaban J connectivity index is 2.93. The smallest absolute Gasteiger partial charge is 0.326 e. The number of aliphatic carboxylic acids is 1. The van der Waals surface area contributed by atoms with Gasteiger partial charge in [0.1, 0.15) is 18.1 Å². The summed E-state index contributed by atoms with van der Waals surface area (Å²) in [6, 6.07) is -3.40. The number of hydrogen-bond donors (Lipinski definition) is 9. The summed E-state index contributed by atoms with van der Waals surface area (Å²) >= 11 is 0. The van der Waals surface area contributed by atoms with Crippen molar-refractivity contribution in [2.45, 2.75) is 88.4 Å². The van der Waals surface area contributed by atoms with Gasteiger partial charge in [0, 0.05) is 6.54 Å². The van der Waals surface area contributed by atoms with Crippen molar-refractivity contribution in [3.63, 3.8) is 0 Å². The minimum absolute atomic E-state index is 0.0729. The van der Waals surface area contributed by atoms with Crippen LogP contribution in [0.1, 0.15) is 64.2 Å². The first-order valence-corrected chi connectivity index (χ1v) is 13.0. The Hall–Kier alpha value is -2.97. The number of nitrogens with one attached hydrogen (secondary N) is 4. The van der Waals surface area contributed by atoms with Gasteiger partial charge in [-0.25, -0.2) is 4.79 Å². The lowest BCUT2D eigenvalue weighted by Gasteiger charge is -2.25. The van der Waals surface area contributed by atoms with Crippen LogP contribution in [-0.4, -0.2) is 85.1 Å². The summed E-state index contributed by atoms with van der Waals surface area (Å²) in [5.41, 5.74) is 21.8. The van der Waals surface area contributed by atoms with Crippen molar-refractivity contribution in [1.82, 2.24) is 21.3 Å². The van der Waals surface area contributed by atoms with E-state index in [9.17, 15) is 24.3 Å². The molecule has 1 aliphatic heterocycles. The third-order valence-corrected chi connectivity index (χ3v) is 6.10. The van der Waals surface area contributed by atoms with E-state index < -0.39 is 35.9 Å². The number of nitrogens with two attached hydrogens (primary N) is 4. The Kier molecular flexibility index (Phi) is 15.9. The number of nitrogens with zero attached hydrogens (tertiary/aromatic N) is 1. The first-order chi connectivity index (χ1) is 17.7. The minimum atomic E-state index is -1.16. The number of carbonyl (C=O) groups excluding carboxylic acids is 3. The molecule has 0 spiro atoms. The Morgan fingerprint density at radius 3 is 1.89 bits per heavy atom. The van der Waals surface area contributed by atoms with Crippen LogP contribution in [-0.2, 0) is 19.2 Å². The molecular weight excluding hydrogens is 482 g/mol. The highest BCUT2D eigenvalue weighted by molar-refractivity contribution is 5.94. The molecule has 14 heteroatoms. The zero-order valence-electron chi connectivity index (χ0n) is 21.5. The van der Waals surface area contributed by atoms with Crippen LogP contribution in [0.4, 0.5) is 0 Å². The van der Waals surface area contributed by atoms with Crippen molar-refractivity contribution >= 4 is 29.7 Å². The van der Waals surface area contributed by atoms with E-state index in [1.807, 2.05) is 0 Å². The average molecular weight is 528 g/mol. The van der Waals surface area contributed by atoms with Crippen molar-refractivity contribution in [3.05, 3.63) is 0 Å². The Bertz CT molecular complexity index is 755. The molecule has 1 rings (SSSR count). The summed E-state index contributed by atoms with van der Waals surface area (Å²) < 4.78 is 0. The Labute approximate surface area is 218 Å². The molecule has 0 aromatic heterocycles. The number of carboxylic acids is 1. The van der Waals surface area contributed by atoms with Gasteiger partial charge >= 0.3 is 5.97 Å². The van der Waals surface area contributed by atoms with Gasteiger partial charge in [0.05, 0.1) is 6.04 Å². The molecule has 1 aliphatic rings. The SMILES string of the molecule is NCCCCC(NC(=O)C(CCCCN)NC(=O)C(CCCN=C(N)N)NC(=O)C1CCCN1)C(=O)O. The van der Waals surface area contributed by atoms with Crippen molar-refractivity contribution in [3.8, 4) is 0 Å². The number of aliphatic imine (C=N–C) groups is 1. The number of amides is 3. The van der Waals surface area contributed by atoms with Crippen LogP contribution in [0.5, 0.6) is 0 Å². The normalized spacial score (nSPS) is 17.3. The number of hydrogen-bond acceptors (Lipinski definition) is 8. The van der Waals surface area contributed by atoms with E-state index in [1.54, 1.807) is 0 Å². The van der Waals surface area contributed by atoms with Gasteiger partial charge in [0.15, 0.2) is 5.96 Å². The summed E-state index contributed by atoms with van der Waals surface area (Å²) in [4.78, 5) is 54.5. The lowest BCUT2D eigenvalue weighted by atomic mass is 10.0. The maximum atomic E-state index is 13.2. The van der Waals surface area contributed by atoms with E-state index in [-0.39, 0.29) is 43.7 Å². The Morgan fingerprint density at radius 1 is 0.838 bits per heavy atom. The highest BCUT2D eigenvalue weighted by atomic mass is 16.4. The second kappa shape index (κ2) is 18.3. The topological polar surface area (TPSA) is 253 Å². The van der Waals surface area contributed by atoms with Crippen LogP contribution in [0.2, 0.25) is 0 Å². The zero-order chi connectivity index (χ0) is 27.6. The van der Waals surface area contributed by atoms with Crippen LogP contribution in [0.3, 0.4) is 0 Å². The highest BCUT2D eigenvalue weighted by Crippen LogP contribution is 2.09. The fourth-order valence-electron chi connectivity index (χ4n) is 4.01. The van der Waals surface area contributed by atoms with Crippen LogP contribution in [0.15, 0.2) is 4.99 Å². The van der Waals surface area contributed by atoms with Crippen LogP contribution < -0.4 is 44.2 Å². The predicted octanol–water partition coefficient (Wildman–Crippen LogP) is -2.41. The molecule has 4 atom stereocenters. The largest absolute Gasteiger partial charge is 0.480 e. The lowest BCUT2D eigenvalue weighted by molar-refractivity contribution is -0.142. The molecule has 13 N–H and O–H groups in total. The maximum absolute atomic E-state index is 13.2. The number of guanidine groups is 1. The summed E-state index contributed by atoms with van der Waals surface area (Å²) in [6.45, 7) is 1.83. The minimum Gasteiger partial charge on any atom is -0.480 e. The maximum Gasteiger partial charge on any atom is 0.326 e. The molecule has 37 heavy (non-hydrogen) atoms. The summed E-state index contributed by atoms with van der Waals surface area (Å²) in [5, 5.41) is 20.6. The molecule has 4 unspecified atom stereocenters. The number of rotatable bonds is 19. The molecule has 0 bridgehead atoms. The molecule has 1 fully saturated rings. The highest BCUT2D eigenvalue weighted by Gasteiger charge is 2.31. The van der Waals surface area contributed by atoms with Gasteiger partial charge in [-0.15, -0.1) is 0 Å². The van der Waals surface area contributed by atoms with Crippen LogP contribution >= 0.6 is 0 Å². The molecule has 1 heterocycles. The van der Waals surface area contributed by atoms with Gasteiger partial charge in [-0.1, -0.05) is 0 Å². The zero-order valence-corrected chi connectivity index (χ0v) is 21.5. The first-order valence-electron chi connectivity index (χ1n) is 13.0. The van der Waals surface area contributed by atoms with E-state index >= 15 is 0 Å². The molecule has 0 aliphatic carbocycles. The summed E-state index contributed by atoms with van der Waals surface area (Å²) in [5.74, 6) is -2.68. The van der Waals surface area contributed by atoms with Crippen molar-refractivity contribution < 1.29 is 24.3 Å². The number of carbonyl (C=O) groups is 4. The van der Waals surface area contributed by atoms with Gasteiger partial charge in [0.25, 0.3) is 0 Å². The molecule has 0 aromatic rings. The fraction of sp³-hybridized carbons (Fsp3) is 0.783. The third-order valence-electron chi connectivity index (χ3n) is 6.10. The summed E-state index contributed by atoms with van der Waals surface area (Å²) in [6.07, 6.45) is 5.03. The van der Waals surface area contributed by atoms with E-state index in [1.165, 1.54) is 0 Å². The predicted molar refractivity (Wildman–Crippen MR) is 140 cm³/mol. The molecule has 212 valence electrons. The van der Waals surface area contributed by atoms with E-state index in [0.29, 0.717) is 51.6 Å². The molecule has 3 amide bonds. The Morgan fingerprint density at radius 2 is 1.38 bits per heavy atom. The molecular formula is C23H45N9O5. The van der Waals surface area contributed by atoms with Gasteiger partial charge in [-0.05, 0) is 83.8 Å². The van der Waals surface area contributed by atoms with E-state index in [4.69, 9.17) is 22.9 Å². The number of carboxylic acid groups (broad SMARTS) is 1. The van der Waals surface area contributed by atoms with Gasteiger partial charge in [0.2, 0.25) is 17.7 Å². The first kappa shape index (κ1) is 32.1. The molecule has 0 saturated carbocycles. The quantitative estimate of drug-likeness (QED) is 0.0488. The standard InChI is InChI=1S/C23H45N9O5/c24-11-3-1-7-16(21(35)32-18(22(36)37)8-2-4-12-25)31-20(34)17(10-6-14-29-23(26)27)30-19(33)15-9-5-13-28-15/h15-18,28H,1-14,24-25H2,(H,30,33)(H,31,34)(H,32,35)(H,36,37)(H4,26,27,29).